The summed E-state index contributed by atoms with van der Waals surface area (Å²) in [5.74, 6) is -0.542. The van der Waals surface area contributed by atoms with Crippen molar-refractivity contribution in [3.05, 3.63) is 0 Å². The Morgan fingerprint density at radius 3 is 1.46 bits per heavy atom. The summed E-state index contributed by atoms with van der Waals surface area (Å²) in [4.78, 5) is 22.5. The Kier molecular flexibility index (Phi) is 2.34. The summed E-state index contributed by atoms with van der Waals surface area (Å²) in [5.41, 5.74) is 0. The molecular weight excluding hydrogens is 168 g/mol. The van der Waals surface area contributed by atoms with Gasteiger partial charge in [0.2, 0.25) is 0 Å². The van der Waals surface area contributed by atoms with Gasteiger partial charge in [-0.05, 0) is 25.7 Å². The van der Waals surface area contributed by atoms with E-state index in [9.17, 15) is 9.59 Å². The molecule has 2 fully saturated rings. The number of rotatable bonds is 2. The van der Waals surface area contributed by atoms with Crippen LogP contribution < -0.4 is 0 Å². The van der Waals surface area contributed by atoms with Crippen molar-refractivity contribution in [1.82, 2.24) is 0 Å². The number of esters is 2. The van der Waals surface area contributed by atoms with Crippen molar-refractivity contribution in [2.24, 2.45) is 11.8 Å². The largest absolute Gasteiger partial charge is 0.393 e. The van der Waals surface area contributed by atoms with E-state index < -0.39 is 0 Å². The van der Waals surface area contributed by atoms with Crippen LogP contribution in [0.2, 0.25) is 0 Å². The van der Waals surface area contributed by atoms with Gasteiger partial charge >= 0.3 is 11.9 Å². The molecule has 3 heteroatoms. The lowest BCUT2D eigenvalue weighted by molar-refractivity contribution is -0.168. The van der Waals surface area contributed by atoms with Crippen LogP contribution >= 0.6 is 0 Å². The number of carbonyl (C=O) groups excluding carboxylic acids is 2. The van der Waals surface area contributed by atoms with Gasteiger partial charge in [-0.2, -0.15) is 0 Å². The molecule has 0 aromatic carbocycles. The monoisotopic (exact) mass is 182 g/mol. The van der Waals surface area contributed by atoms with Gasteiger partial charge in [-0.25, -0.2) is 0 Å². The number of carbonyl (C=O) groups is 2. The zero-order valence-corrected chi connectivity index (χ0v) is 7.62. The van der Waals surface area contributed by atoms with E-state index in [4.69, 9.17) is 4.74 Å². The van der Waals surface area contributed by atoms with Gasteiger partial charge in [-0.15, -0.1) is 0 Å². The predicted octanol–water partition coefficient (Wildman–Crippen LogP) is 1.66. The van der Waals surface area contributed by atoms with Crippen molar-refractivity contribution in [1.29, 1.82) is 0 Å². The SMILES string of the molecule is O=C(OC(=O)C1CCC1)C1CCC1. The third-order valence-corrected chi connectivity index (χ3v) is 3.08. The normalized spacial score (nSPS) is 23.1. The second-order valence-electron chi connectivity index (χ2n) is 4.00. The highest BCUT2D eigenvalue weighted by Crippen LogP contribution is 2.30. The molecule has 0 heterocycles. The molecule has 2 rings (SSSR count). The van der Waals surface area contributed by atoms with Gasteiger partial charge < -0.3 is 4.74 Å². The van der Waals surface area contributed by atoms with E-state index in [1.54, 1.807) is 0 Å². The molecule has 0 saturated heterocycles. The maximum atomic E-state index is 11.2. The molecule has 2 aliphatic carbocycles. The molecule has 0 amide bonds. The average Bonchev–Trinajstić information content (AvgIpc) is 1.76. The van der Waals surface area contributed by atoms with Gasteiger partial charge in [-0.3, -0.25) is 9.59 Å². The van der Waals surface area contributed by atoms with Crippen molar-refractivity contribution in [3.8, 4) is 0 Å². The van der Waals surface area contributed by atoms with E-state index in [0.29, 0.717) is 0 Å². The zero-order valence-electron chi connectivity index (χ0n) is 7.62. The Labute approximate surface area is 77.4 Å². The van der Waals surface area contributed by atoms with Crippen molar-refractivity contribution in [2.45, 2.75) is 38.5 Å². The first-order valence-corrected chi connectivity index (χ1v) is 5.03. The molecule has 0 radical (unpaired) electrons. The fourth-order valence-electron chi connectivity index (χ4n) is 1.55. The van der Waals surface area contributed by atoms with Crippen LogP contribution in [-0.4, -0.2) is 11.9 Å². The third-order valence-electron chi connectivity index (χ3n) is 3.08. The average molecular weight is 182 g/mol. The highest BCUT2D eigenvalue weighted by atomic mass is 16.6. The van der Waals surface area contributed by atoms with Gasteiger partial charge in [-0.1, -0.05) is 12.8 Å². The Bertz CT molecular complexity index is 202. The van der Waals surface area contributed by atoms with E-state index in [1.165, 1.54) is 0 Å². The molecule has 0 bridgehead atoms. The molecule has 0 aromatic rings. The Hall–Kier alpha value is -0.860. The van der Waals surface area contributed by atoms with Crippen molar-refractivity contribution >= 4 is 11.9 Å². The fraction of sp³-hybridized carbons (Fsp3) is 0.800. The lowest BCUT2D eigenvalue weighted by atomic mass is 9.84. The smallest absolute Gasteiger partial charge is 0.316 e. The third kappa shape index (κ3) is 1.74. The summed E-state index contributed by atoms with van der Waals surface area (Å²) in [6.45, 7) is 0. The zero-order chi connectivity index (χ0) is 9.26. The van der Waals surface area contributed by atoms with Crippen LogP contribution in [0.15, 0.2) is 0 Å². The van der Waals surface area contributed by atoms with E-state index in [2.05, 4.69) is 0 Å². The van der Waals surface area contributed by atoms with E-state index >= 15 is 0 Å². The second kappa shape index (κ2) is 3.48. The molecule has 0 N–H and O–H groups in total. The minimum Gasteiger partial charge on any atom is -0.393 e. The van der Waals surface area contributed by atoms with Gasteiger partial charge in [0.1, 0.15) is 0 Å². The summed E-state index contributed by atoms with van der Waals surface area (Å²) in [6, 6.07) is 0. The van der Waals surface area contributed by atoms with E-state index in [-0.39, 0.29) is 23.8 Å². The summed E-state index contributed by atoms with van der Waals surface area (Å²) in [6.07, 6.45) is 5.79. The van der Waals surface area contributed by atoms with E-state index in [0.717, 1.165) is 38.5 Å². The van der Waals surface area contributed by atoms with Crippen molar-refractivity contribution in [3.63, 3.8) is 0 Å². The maximum absolute atomic E-state index is 11.2. The Morgan fingerprint density at radius 1 is 0.846 bits per heavy atom. The molecule has 0 atom stereocenters. The topological polar surface area (TPSA) is 43.4 Å². The van der Waals surface area contributed by atoms with Crippen LogP contribution in [0.1, 0.15) is 38.5 Å². The maximum Gasteiger partial charge on any atom is 0.316 e. The minimum atomic E-state index is -0.289. The van der Waals surface area contributed by atoms with Crippen LogP contribution in [0, 0.1) is 11.8 Å². The molecule has 3 nitrogen and oxygen atoms in total. The Morgan fingerprint density at radius 2 is 1.23 bits per heavy atom. The molecule has 0 aromatic heterocycles. The Balaban J connectivity index is 1.75. The van der Waals surface area contributed by atoms with Crippen LogP contribution in [0.5, 0.6) is 0 Å². The molecule has 0 unspecified atom stereocenters. The number of hydrogen-bond acceptors (Lipinski definition) is 3. The molecule has 0 aliphatic heterocycles. The highest BCUT2D eigenvalue weighted by molar-refractivity contribution is 5.88. The standard InChI is InChI=1S/C10H14O3/c11-9(7-3-1-4-7)13-10(12)8-5-2-6-8/h7-8H,1-6H2. The fourth-order valence-corrected chi connectivity index (χ4v) is 1.55. The quantitative estimate of drug-likeness (QED) is 0.482. The number of hydrogen-bond donors (Lipinski definition) is 0. The molecule has 13 heavy (non-hydrogen) atoms. The van der Waals surface area contributed by atoms with Crippen LogP contribution in [0.3, 0.4) is 0 Å². The lowest BCUT2D eigenvalue weighted by Gasteiger charge is -2.26. The van der Waals surface area contributed by atoms with Gasteiger partial charge in [0.25, 0.3) is 0 Å². The second-order valence-corrected chi connectivity index (χ2v) is 4.00. The molecule has 72 valence electrons. The van der Waals surface area contributed by atoms with Gasteiger partial charge in [0.15, 0.2) is 0 Å². The minimum absolute atomic E-state index is 0.0176. The summed E-state index contributed by atoms with van der Waals surface area (Å²) < 4.78 is 4.78. The first-order chi connectivity index (χ1) is 6.27. The molecule has 2 aliphatic rings. The molecule has 2 saturated carbocycles. The predicted molar refractivity (Wildman–Crippen MR) is 45.8 cm³/mol. The van der Waals surface area contributed by atoms with Crippen molar-refractivity contribution in [2.75, 3.05) is 0 Å². The first-order valence-electron chi connectivity index (χ1n) is 5.03. The number of ether oxygens (including phenoxy) is 1. The molecule has 0 spiro atoms. The van der Waals surface area contributed by atoms with Crippen LogP contribution in [0.4, 0.5) is 0 Å². The highest BCUT2D eigenvalue weighted by Gasteiger charge is 2.32. The first kappa shape index (κ1) is 8.73. The summed E-state index contributed by atoms with van der Waals surface area (Å²) >= 11 is 0. The van der Waals surface area contributed by atoms with Crippen LogP contribution in [-0.2, 0) is 14.3 Å². The van der Waals surface area contributed by atoms with Crippen molar-refractivity contribution < 1.29 is 14.3 Å². The summed E-state index contributed by atoms with van der Waals surface area (Å²) in [7, 11) is 0. The summed E-state index contributed by atoms with van der Waals surface area (Å²) in [5, 5.41) is 0. The van der Waals surface area contributed by atoms with Gasteiger partial charge in [0.05, 0.1) is 11.8 Å². The van der Waals surface area contributed by atoms with Gasteiger partial charge in [0, 0.05) is 0 Å². The lowest BCUT2D eigenvalue weighted by Crippen LogP contribution is -2.31. The van der Waals surface area contributed by atoms with E-state index in [1.807, 2.05) is 0 Å². The van der Waals surface area contributed by atoms with Crippen LogP contribution in [0.25, 0.3) is 0 Å². The molecular formula is C10H14O3.